The molecule has 1 unspecified atom stereocenters. The lowest BCUT2D eigenvalue weighted by Gasteiger charge is -2.36. The minimum Gasteiger partial charge on any atom is -0.497 e. The molecular formula is C26H32N4O3S. The third kappa shape index (κ3) is 5.33. The number of thiophene rings is 1. The number of aryl methyl sites for hydroxylation is 2. The summed E-state index contributed by atoms with van der Waals surface area (Å²) in [5.74, 6) is 2.90. The minimum absolute atomic E-state index is 0.292. The first-order chi connectivity index (χ1) is 16.7. The van der Waals surface area contributed by atoms with Crippen LogP contribution in [0.15, 0.2) is 40.2 Å². The predicted octanol–water partition coefficient (Wildman–Crippen LogP) is 4.39. The van der Waals surface area contributed by atoms with E-state index in [4.69, 9.17) is 9.26 Å². The van der Waals surface area contributed by atoms with Crippen molar-refractivity contribution in [2.45, 2.75) is 44.4 Å². The maximum atomic E-state index is 13.1. The number of ether oxygens (including phenoxy) is 1. The Hall–Kier alpha value is -2.71. The highest BCUT2D eigenvalue weighted by molar-refractivity contribution is 7.13. The van der Waals surface area contributed by atoms with Gasteiger partial charge in [0.1, 0.15) is 5.75 Å². The van der Waals surface area contributed by atoms with Gasteiger partial charge in [0.05, 0.1) is 12.0 Å². The van der Waals surface area contributed by atoms with Gasteiger partial charge >= 0.3 is 0 Å². The molecule has 5 rings (SSSR count). The number of hydrogen-bond acceptors (Lipinski definition) is 7. The Kier molecular flexibility index (Phi) is 7.25. The molecule has 3 aromatic rings. The van der Waals surface area contributed by atoms with Crippen molar-refractivity contribution < 1.29 is 14.1 Å². The summed E-state index contributed by atoms with van der Waals surface area (Å²) in [5.41, 5.74) is 2.68. The Balaban J connectivity index is 1.06. The van der Waals surface area contributed by atoms with E-state index >= 15 is 0 Å². The summed E-state index contributed by atoms with van der Waals surface area (Å²) in [7, 11) is 1.71. The largest absolute Gasteiger partial charge is 0.497 e. The molecule has 7 nitrogen and oxygen atoms in total. The van der Waals surface area contributed by atoms with Crippen LogP contribution in [0.1, 0.15) is 48.6 Å². The van der Waals surface area contributed by atoms with Crippen LogP contribution in [0.3, 0.4) is 0 Å². The number of benzene rings is 1. The van der Waals surface area contributed by atoms with Crippen molar-refractivity contribution in [3.8, 4) is 16.5 Å². The van der Waals surface area contributed by atoms with Crippen LogP contribution in [-0.4, -0.2) is 65.7 Å². The number of rotatable bonds is 8. The lowest BCUT2D eigenvalue weighted by Crippen LogP contribution is -2.49. The average molecular weight is 481 g/mol. The van der Waals surface area contributed by atoms with Crippen LogP contribution >= 0.6 is 11.3 Å². The number of carbonyl (C=O) groups excluding carboxylic acids is 1. The van der Waals surface area contributed by atoms with E-state index in [0.717, 1.165) is 75.5 Å². The quantitative estimate of drug-likeness (QED) is 0.476. The molecule has 0 bridgehead atoms. The van der Waals surface area contributed by atoms with Crippen LogP contribution in [0.4, 0.5) is 0 Å². The Morgan fingerprint density at radius 1 is 1.24 bits per heavy atom. The van der Waals surface area contributed by atoms with E-state index in [2.05, 4.69) is 32.1 Å². The Morgan fingerprint density at radius 2 is 2.12 bits per heavy atom. The molecule has 1 fully saturated rings. The smallest absolute Gasteiger partial charge is 0.227 e. The summed E-state index contributed by atoms with van der Waals surface area (Å²) < 4.78 is 10.8. The maximum absolute atomic E-state index is 13.1. The van der Waals surface area contributed by atoms with Gasteiger partial charge in [0.15, 0.2) is 0 Å². The SMILES string of the molecule is COc1ccc2c(c1)CCCC2CC(=O)N1CCN(CCCc2nc(-c3cccs3)no2)CC1. The van der Waals surface area contributed by atoms with E-state index in [1.165, 1.54) is 11.1 Å². The van der Waals surface area contributed by atoms with Crippen LogP contribution in [0.2, 0.25) is 0 Å². The predicted molar refractivity (Wildman–Crippen MR) is 132 cm³/mol. The van der Waals surface area contributed by atoms with Crippen molar-refractivity contribution in [2.24, 2.45) is 0 Å². The molecule has 0 radical (unpaired) electrons. The second-order valence-electron chi connectivity index (χ2n) is 9.17. The third-order valence-corrected chi connectivity index (χ3v) is 7.88. The molecule has 3 heterocycles. The summed E-state index contributed by atoms with van der Waals surface area (Å²) in [6.45, 7) is 4.45. The van der Waals surface area contributed by atoms with Crippen molar-refractivity contribution in [2.75, 3.05) is 39.8 Å². The number of aromatic nitrogens is 2. The van der Waals surface area contributed by atoms with Gasteiger partial charge in [0, 0.05) is 39.0 Å². The first-order valence-electron chi connectivity index (χ1n) is 12.2. The minimum atomic E-state index is 0.292. The van der Waals surface area contributed by atoms with Gasteiger partial charge in [0.25, 0.3) is 0 Å². The molecule has 1 aliphatic heterocycles. The topological polar surface area (TPSA) is 71.7 Å². The van der Waals surface area contributed by atoms with Crippen LogP contribution in [0, 0.1) is 0 Å². The van der Waals surface area contributed by atoms with Crippen molar-refractivity contribution in [1.82, 2.24) is 19.9 Å². The highest BCUT2D eigenvalue weighted by Crippen LogP contribution is 2.36. The molecule has 2 aliphatic rings. The van der Waals surface area contributed by atoms with Gasteiger partial charge in [-0.15, -0.1) is 11.3 Å². The van der Waals surface area contributed by atoms with Gasteiger partial charge < -0.3 is 14.2 Å². The van der Waals surface area contributed by atoms with E-state index in [-0.39, 0.29) is 0 Å². The van der Waals surface area contributed by atoms with E-state index in [1.807, 2.05) is 23.6 Å². The second kappa shape index (κ2) is 10.7. The molecule has 1 saturated heterocycles. The first kappa shape index (κ1) is 23.1. The Bertz CT molecular complexity index is 1090. The highest BCUT2D eigenvalue weighted by atomic mass is 32.1. The third-order valence-electron chi connectivity index (χ3n) is 7.01. The van der Waals surface area contributed by atoms with Gasteiger partial charge in [-0.2, -0.15) is 4.98 Å². The van der Waals surface area contributed by atoms with Gasteiger partial charge in [-0.3, -0.25) is 9.69 Å². The lowest BCUT2D eigenvalue weighted by molar-refractivity contribution is -0.133. The second-order valence-corrected chi connectivity index (χ2v) is 10.1. The number of hydrogen-bond donors (Lipinski definition) is 0. The fourth-order valence-corrected chi connectivity index (χ4v) is 5.76. The normalized spacial score (nSPS) is 18.6. The van der Waals surface area contributed by atoms with E-state index < -0.39 is 0 Å². The number of nitrogens with zero attached hydrogens (tertiary/aromatic N) is 4. The maximum Gasteiger partial charge on any atom is 0.227 e. The number of piperazine rings is 1. The molecule has 34 heavy (non-hydrogen) atoms. The molecular weight excluding hydrogens is 448 g/mol. The summed E-state index contributed by atoms with van der Waals surface area (Å²) in [6, 6.07) is 10.3. The zero-order chi connectivity index (χ0) is 23.3. The lowest BCUT2D eigenvalue weighted by atomic mass is 9.80. The fourth-order valence-electron chi connectivity index (χ4n) is 5.11. The molecule has 2 aromatic heterocycles. The number of amides is 1. The van der Waals surface area contributed by atoms with Crippen LogP contribution in [0.25, 0.3) is 10.7 Å². The van der Waals surface area contributed by atoms with Crippen LogP contribution < -0.4 is 4.74 Å². The summed E-state index contributed by atoms with van der Waals surface area (Å²) >= 11 is 1.62. The van der Waals surface area contributed by atoms with Crippen molar-refractivity contribution >= 4 is 17.2 Å². The molecule has 1 aromatic carbocycles. The molecule has 8 heteroatoms. The fraction of sp³-hybridized carbons (Fsp3) is 0.500. The van der Waals surface area contributed by atoms with E-state index in [0.29, 0.717) is 30.0 Å². The number of methoxy groups -OCH3 is 1. The summed E-state index contributed by atoms with van der Waals surface area (Å²) in [6.07, 6.45) is 5.68. The molecule has 1 aliphatic carbocycles. The van der Waals surface area contributed by atoms with Gasteiger partial charge in [0.2, 0.25) is 17.6 Å². The van der Waals surface area contributed by atoms with Gasteiger partial charge in [-0.25, -0.2) is 0 Å². The Labute approximate surface area is 204 Å². The zero-order valence-electron chi connectivity index (χ0n) is 19.7. The molecule has 1 amide bonds. The van der Waals surface area contributed by atoms with Crippen LogP contribution in [0.5, 0.6) is 5.75 Å². The standard InChI is InChI=1S/C26H32N4O3S/c1-32-21-9-10-22-19(17-21)5-2-6-20(22)18-25(31)30-14-12-29(13-15-30)11-3-8-24-27-26(28-33-24)23-7-4-16-34-23/h4,7,9-10,16-17,20H,2-3,5-6,8,11-15,18H2,1H3. The molecule has 1 atom stereocenters. The van der Waals surface area contributed by atoms with E-state index in [1.54, 1.807) is 18.4 Å². The first-order valence-corrected chi connectivity index (χ1v) is 13.1. The van der Waals surface area contributed by atoms with Gasteiger partial charge in [-0.05, 0) is 72.9 Å². The van der Waals surface area contributed by atoms with Crippen molar-refractivity contribution in [1.29, 1.82) is 0 Å². The Morgan fingerprint density at radius 3 is 2.91 bits per heavy atom. The number of carbonyl (C=O) groups is 1. The summed E-state index contributed by atoms with van der Waals surface area (Å²) in [4.78, 5) is 23.1. The van der Waals surface area contributed by atoms with Crippen molar-refractivity contribution in [3.05, 3.63) is 52.7 Å². The van der Waals surface area contributed by atoms with Gasteiger partial charge in [-0.1, -0.05) is 17.3 Å². The van der Waals surface area contributed by atoms with Crippen molar-refractivity contribution in [3.63, 3.8) is 0 Å². The van der Waals surface area contributed by atoms with Crippen LogP contribution in [-0.2, 0) is 17.6 Å². The number of fused-ring (bicyclic) bond motifs is 1. The molecule has 0 N–H and O–H groups in total. The molecule has 0 saturated carbocycles. The molecule has 180 valence electrons. The average Bonchev–Trinajstić information content (AvgIpc) is 3.57. The zero-order valence-corrected chi connectivity index (χ0v) is 20.6. The summed E-state index contributed by atoms with van der Waals surface area (Å²) in [5, 5.41) is 6.10. The van der Waals surface area contributed by atoms with E-state index in [9.17, 15) is 4.79 Å². The highest BCUT2D eigenvalue weighted by Gasteiger charge is 2.27. The monoisotopic (exact) mass is 480 g/mol. The molecule has 0 spiro atoms.